The summed E-state index contributed by atoms with van der Waals surface area (Å²) in [5.41, 5.74) is 0.406. The number of quaternary nitrogens is 1. The van der Waals surface area contributed by atoms with Gasteiger partial charge in [-0.15, -0.1) is 0 Å². The number of piperazine rings is 1. The third-order valence-electron chi connectivity index (χ3n) is 3.85. The van der Waals surface area contributed by atoms with Crippen molar-refractivity contribution < 1.29 is 14.5 Å². The lowest BCUT2D eigenvalue weighted by Gasteiger charge is -2.40. The number of halogens is 1. The third kappa shape index (κ3) is 3.70. The van der Waals surface area contributed by atoms with Crippen LogP contribution in [0.25, 0.3) is 0 Å². The summed E-state index contributed by atoms with van der Waals surface area (Å²) in [6, 6.07) is 6.65. The van der Waals surface area contributed by atoms with Gasteiger partial charge in [0.15, 0.2) is 6.54 Å². The summed E-state index contributed by atoms with van der Waals surface area (Å²) in [4.78, 5) is 14.5. The zero-order valence-corrected chi connectivity index (χ0v) is 12.7. The van der Waals surface area contributed by atoms with Crippen LogP contribution in [-0.4, -0.2) is 67.3 Å². The molecule has 0 unspecified atom stereocenters. The standard InChI is InChI=1S/C14H21ClN3O2/c1-16-6-8-18(2,9-7-16)11-14(19)17(20)13-5-3-4-12(15)10-13/h3-5,10,20H,6-9,11H2,1-2H3/q+1. The molecule has 0 atom stereocenters. The molecule has 20 heavy (non-hydrogen) atoms. The molecule has 2 rings (SSSR count). The topological polar surface area (TPSA) is 43.8 Å². The first-order chi connectivity index (χ1) is 9.39. The van der Waals surface area contributed by atoms with Gasteiger partial charge >= 0.3 is 5.91 Å². The monoisotopic (exact) mass is 298 g/mol. The number of hydrogen-bond donors (Lipinski definition) is 1. The fourth-order valence-electron chi connectivity index (χ4n) is 2.35. The van der Waals surface area contributed by atoms with Crippen LogP contribution >= 0.6 is 11.6 Å². The average molecular weight is 299 g/mol. The van der Waals surface area contributed by atoms with Crippen LogP contribution in [0.5, 0.6) is 0 Å². The maximum absolute atomic E-state index is 12.2. The highest BCUT2D eigenvalue weighted by molar-refractivity contribution is 6.30. The maximum atomic E-state index is 12.2. The normalized spacial score (nSPS) is 18.8. The van der Waals surface area contributed by atoms with Crippen LogP contribution in [0.15, 0.2) is 24.3 Å². The van der Waals surface area contributed by atoms with E-state index in [2.05, 4.69) is 19.0 Å². The van der Waals surface area contributed by atoms with Crippen molar-refractivity contribution in [3.8, 4) is 0 Å². The first-order valence-corrected chi connectivity index (χ1v) is 7.07. The zero-order chi connectivity index (χ0) is 14.8. The van der Waals surface area contributed by atoms with E-state index in [0.29, 0.717) is 20.3 Å². The number of hydroxylamine groups is 1. The molecule has 1 heterocycles. The second-order valence-corrected chi connectivity index (χ2v) is 6.15. The molecule has 6 heteroatoms. The number of rotatable bonds is 3. The molecule has 1 aromatic rings. The van der Waals surface area contributed by atoms with Gasteiger partial charge in [-0.1, -0.05) is 17.7 Å². The van der Waals surface area contributed by atoms with Crippen molar-refractivity contribution in [2.45, 2.75) is 0 Å². The van der Waals surface area contributed by atoms with Crippen LogP contribution in [0, 0.1) is 0 Å². The molecule has 1 aliphatic rings. The second-order valence-electron chi connectivity index (χ2n) is 5.71. The summed E-state index contributed by atoms with van der Waals surface area (Å²) in [6.07, 6.45) is 0. The number of carbonyl (C=O) groups excluding carboxylic acids is 1. The number of anilines is 1. The van der Waals surface area contributed by atoms with Gasteiger partial charge in [-0.25, -0.2) is 0 Å². The molecular formula is C14H21ClN3O2+. The van der Waals surface area contributed by atoms with Gasteiger partial charge in [0.05, 0.1) is 25.8 Å². The molecule has 1 N–H and O–H groups in total. The van der Waals surface area contributed by atoms with Crippen LogP contribution in [0.2, 0.25) is 5.02 Å². The van der Waals surface area contributed by atoms with Gasteiger partial charge in [-0.3, -0.25) is 14.9 Å². The summed E-state index contributed by atoms with van der Waals surface area (Å²) >= 11 is 5.87. The number of carbonyl (C=O) groups is 1. The quantitative estimate of drug-likeness (QED) is 0.522. The Morgan fingerprint density at radius 1 is 1.45 bits per heavy atom. The summed E-state index contributed by atoms with van der Waals surface area (Å²) in [5, 5.41) is 11.2. The Labute approximate surface area is 124 Å². The molecule has 5 nitrogen and oxygen atoms in total. The largest absolute Gasteiger partial charge is 0.316 e. The molecule has 0 saturated carbocycles. The molecule has 0 aliphatic carbocycles. The van der Waals surface area contributed by atoms with Crippen molar-refractivity contribution in [1.82, 2.24) is 4.90 Å². The maximum Gasteiger partial charge on any atom is 0.305 e. The Bertz CT molecular complexity index is 487. The van der Waals surface area contributed by atoms with Gasteiger partial charge in [-0.2, -0.15) is 5.06 Å². The van der Waals surface area contributed by atoms with Gasteiger partial charge in [0.1, 0.15) is 0 Å². The van der Waals surface area contributed by atoms with Gasteiger partial charge in [0.25, 0.3) is 0 Å². The highest BCUT2D eigenvalue weighted by Gasteiger charge is 2.31. The molecule has 1 saturated heterocycles. The Kier molecular flexibility index (Phi) is 4.65. The molecule has 0 aromatic heterocycles. The van der Waals surface area contributed by atoms with E-state index in [1.807, 2.05) is 0 Å². The van der Waals surface area contributed by atoms with E-state index in [1.165, 1.54) is 0 Å². The Hall–Kier alpha value is -1.14. The van der Waals surface area contributed by atoms with Gasteiger partial charge in [-0.05, 0) is 25.2 Å². The summed E-state index contributed by atoms with van der Waals surface area (Å²) in [5.74, 6) is -0.306. The fourth-order valence-corrected chi connectivity index (χ4v) is 2.54. The lowest BCUT2D eigenvalue weighted by molar-refractivity contribution is -0.906. The number of nitrogens with zero attached hydrogens (tertiary/aromatic N) is 3. The minimum absolute atomic E-state index is 0.289. The van der Waals surface area contributed by atoms with Crippen LogP contribution in [0.3, 0.4) is 0 Å². The van der Waals surface area contributed by atoms with Crippen molar-refractivity contribution >= 4 is 23.2 Å². The van der Waals surface area contributed by atoms with Gasteiger partial charge < -0.3 is 4.48 Å². The molecule has 0 spiro atoms. The van der Waals surface area contributed by atoms with E-state index in [4.69, 9.17) is 11.6 Å². The predicted octanol–water partition coefficient (Wildman–Crippen LogP) is 1.45. The molecule has 110 valence electrons. The summed E-state index contributed by atoms with van der Waals surface area (Å²) < 4.78 is 0.654. The Balaban J connectivity index is 2.01. The first kappa shape index (κ1) is 15.3. The molecule has 1 aromatic carbocycles. The van der Waals surface area contributed by atoms with Gasteiger partial charge in [0.2, 0.25) is 0 Å². The number of hydrogen-bond acceptors (Lipinski definition) is 3. The highest BCUT2D eigenvalue weighted by atomic mass is 35.5. The second kappa shape index (κ2) is 6.10. The van der Waals surface area contributed by atoms with Crippen molar-refractivity contribution in [2.75, 3.05) is 51.9 Å². The third-order valence-corrected chi connectivity index (χ3v) is 4.08. The van der Waals surface area contributed by atoms with Crippen molar-refractivity contribution in [3.05, 3.63) is 29.3 Å². The summed E-state index contributed by atoms with van der Waals surface area (Å²) in [7, 11) is 4.13. The summed E-state index contributed by atoms with van der Waals surface area (Å²) in [6.45, 7) is 4.03. The van der Waals surface area contributed by atoms with Crippen LogP contribution in [-0.2, 0) is 4.79 Å². The number of likely N-dealkylation sites (N-methyl/N-ethyl adjacent to an activating group) is 2. The lowest BCUT2D eigenvalue weighted by atomic mass is 10.2. The molecular weight excluding hydrogens is 278 g/mol. The number of benzene rings is 1. The van der Waals surface area contributed by atoms with Crippen LogP contribution in [0.1, 0.15) is 0 Å². The zero-order valence-electron chi connectivity index (χ0n) is 11.9. The molecule has 1 aliphatic heterocycles. The molecule has 1 fully saturated rings. The van der Waals surface area contributed by atoms with E-state index in [-0.39, 0.29) is 12.5 Å². The highest BCUT2D eigenvalue weighted by Crippen LogP contribution is 2.19. The van der Waals surface area contributed by atoms with Crippen LogP contribution < -0.4 is 5.06 Å². The van der Waals surface area contributed by atoms with E-state index >= 15 is 0 Å². The molecule has 1 amide bonds. The minimum atomic E-state index is -0.306. The SMILES string of the molecule is CN1CC[N+](C)(CC(=O)N(O)c2cccc(Cl)c2)CC1. The van der Waals surface area contributed by atoms with Crippen molar-refractivity contribution in [1.29, 1.82) is 0 Å². The smallest absolute Gasteiger partial charge is 0.305 e. The predicted molar refractivity (Wildman–Crippen MR) is 79.0 cm³/mol. The van der Waals surface area contributed by atoms with Gasteiger partial charge in [0, 0.05) is 18.1 Å². The van der Waals surface area contributed by atoms with E-state index in [0.717, 1.165) is 26.2 Å². The Morgan fingerprint density at radius 2 is 2.10 bits per heavy atom. The minimum Gasteiger partial charge on any atom is -0.316 e. The first-order valence-electron chi connectivity index (χ1n) is 6.69. The van der Waals surface area contributed by atoms with Crippen LogP contribution in [0.4, 0.5) is 5.69 Å². The lowest BCUT2D eigenvalue weighted by Crippen LogP contribution is -2.59. The van der Waals surface area contributed by atoms with E-state index in [9.17, 15) is 10.0 Å². The van der Waals surface area contributed by atoms with E-state index in [1.54, 1.807) is 24.3 Å². The molecule has 0 bridgehead atoms. The molecule has 0 radical (unpaired) electrons. The Morgan fingerprint density at radius 3 is 2.70 bits per heavy atom. The van der Waals surface area contributed by atoms with Crippen molar-refractivity contribution in [2.24, 2.45) is 0 Å². The van der Waals surface area contributed by atoms with Crippen molar-refractivity contribution in [3.63, 3.8) is 0 Å². The fraction of sp³-hybridized carbons (Fsp3) is 0.500. The number of amides is 1. The van der Waals surface area contributed by atoms with E-state index < -0.39 is 0 Å². The average Bonchev–Trinajstić information content (AvgIpc) is 2.41.